The molecule has 0 aliphatic heterocycles. The molecule has 102 heavy (non-hydrogen) atoms. The summed E-state index contributed by atoms with van der Waals surface area (Å²) in [6.07, 6.45) is 84.2. The first-order chi connectivity index (χ1) is 49.7. The molecule has 0 saturated heterocycles. The van der Waals surface area contributed by atoms with E-state index in [1.54, 1.807) is 0 Å². The maximum absolute atomic E-state index is 13.1. The number of phosphoric acid groups is 2. The van der Waals surface area contributed by atoms with Gasteiger partial charge in [-0.2, -0.15) is 0 Å². The third kappa shape index (κ3) is 73.3. The monoisotopic (exact) mass is 1470 g/mol. The Labute approximate surface area is 617 Å². The van der Waals surface area contributed by atoms with Gasteiger partial charge in [-0.15, -0.1) is 0 Å². The molecule has 19 heteroatoms. The Morgan fingerprint density at radius 1 is 0.284 bits per heavy atom. The van der Waals surface area contributed by atoms with E-state index in [4.69, 9.17) is 37.0 Å². The van der Waals surface area contributed by atoms with Crippen molar-refractivity contribution in [1.29, 1.82) is 0 Å². The summed E-state index contributed by atoms with van der Waals surface area (Å²) in [6, 6.07) is 0. The molecule has 0 aromatic heterocycles. The van der Waals surface area contributed by atoms with Crippen molar-refractivity contribution in [2.45, 2.75) is 316 Å². The van der Waals surface area contributed by atoms with E-state index < -0.39 is 97.5 Å². The summed E-state index contributed by atoms with van der Waals surface area (Å²) in [5.41, 5.74) is 0. The highest BCUT2D eigenvalue weighted by Gasteiger charge is 2.30. The second-order valence-corrected chi connectivity index (χ2v) is 28.4. The minimum atomic E-state index is -5.00. The van der Waals surface area contributed by atoms with Crippen molar-refractivity contribution in [3.63, 3.8) is 0 Å². The minimum Gasteiger partial charge on any atom is -0.462 e. The van der Waals surface area contributed by atoms with Crippen molar-refractivity contribution >= 4 is 39.5 Å². The van der Waals surface area contributed by atoms with Gasteiger partial charge in [0.15, 0.2) is 12.2 Å². The molecule has 0 aromatic rings. The SMILES string of the molecule is CC/C=C\C/C=C\C/C=C\C/C=C\C/C=C\C/C=C\CCC(=O)OCC(COP(=O)(O)OCC(O)COP(=O)(O)OCC(COC(=O)CCCCCCCCC/C=C\C/C=C\C/C=C\CC)OC(=O)CCCCCCC/C=C\CCCC)OC(=O)CCCCCCC/C=C\C/C=C\CCCCC. The molecule has 0 amide bonds. The summed E-state index contributed by atoms with van der Waals surface area (Å²) in [5, 5.41) is 10.6. The van der Waals surface area contributed by atoms with Crippen LogP contribution in [0.25, 0.3) is 0 Å². The number of carbonyl (C=O) groups is 4. The lowest BCUT2D eigenvalue weighted by atomic mass is 10.1. The van der Waals surface area contributed by atoms with E-state index in [2.05, 4.69) is 155 Å². The third-order valence-electron chi connectivity index (χ3n) is 15.8. The van der Waals surface area contributed by atoms with Crippen molar-refractivity contribution in [2.75, 3.05) is 39.6 Å². The number of hydrogen-bond acceptors (Lipinski definition) is 15. The molecule has 3 N–H and O–H groups in total. The van der Waals surface area contributed by atoms with Gasteiger partial charge in [0.2, 0.25) is 0 Å². The zero-order chi connectivity index (χ0) is 74.6. The van der Waals surface area contributed by atoms with Gasteiger partial charge in [-0.1, -0.05) is 270 Å². The molecule has 0 aliphatic carbocycles. The van der Waals surface area contributed by atoms with Gasteiger partial charge in [0, 0.05) is 25.7 Å². The average Bonchev–Trinajstić information content (AvgIpc) is 0.939. The van der Waals surface area contributed by atoms with Crippen molar-refractivity contribution < 1.29 is 80.2 Å². The number of phosphoric ester groups is 2. The minimum absolute atomic E-state index is 0.0294. The Hall–Kier alpha value is -5.06. The van der Waals surface area contributed by atoms with E-state index in [-0.39, 0.29) is 25.7 Å². The Morgan fingerprint density at radius 2 is 0.539 bits per heavy atom. The van der Waals surface area contributed by atoms with Gasteiger partial charge in [-0.25, -0.2) is 9.13 Å². The second kappa shape index (κ2) is 74.2. The summed E-state index contributed by atoms with van der Waals surface area (Å²) >= 11 is 0. The van der Waals surface area contributed by atoms with E-state index in [9.17, 15) is 43.2 Å². The fourth-order valence-electron chi connectivity index (χ4n) is 9.86. The van der Waals surface area contributed by atoms with Crippen LogP contribution in [-0.4, -0.2) is 96.7 Å². The predicted octanol–water partition coefficient (Wildman–Crippen LogP) is 22.7. The van der Waals surface area contributed by atoms with Crippen molar-refractivity contribution in [2.24, 2.45) is 0 Å². The first kappa shape index (κ1) is 96.9. The molecule has 0 heterocycles. The van der Waals surface area contributed by atoms with E-state index in [0.29, 0.717) is 32.1 Å². The number of allylic oxidation sites excluding steroid dienone is 24. The number of aliphatic hydroxyl groups excluding tert-OH is 1. The molecule has 0 bridgehead atoms. The van der Waals surface area contributed by atoms with Gasteiger partial charge in [0.05, 0.1) is 26.4 Å². The predicted molar refractivity (Wildman–Crippen MR) is 417 cm³/mol. The maximum Gasteiger partial charge on any atom is 0.472 e. The lowest BCUT2D eigenvalue weighted by molar-refractivity contribution is -0.161. The number of aliphatic hydroxyl groups is 1. The first-order valence-electron chi connectivity index (χ1n) is 39.1. The lowest BCUT2D eigenvalue weighted by Crippen LogP contribution is -2.30. The largest absolute Gasteiger partial charge is 0.472 e. The van der Waals surface area contributed by atoms with Crippen LogP contribution in [-0.2, 0) is 65.4 Å². The van der Waals surface area contributed by atoms with Crippen LogP contribution in [0, 0.1) is 0 Å². The van der Waals surface area contributed by atoms with E-state index >= 15 is 0 Å². The van der Waals surface area contributed by atoms with Crippen molar-refractivity contribution in [1.82, 2.24) is 0 Å². The topological polar surface area (TPSA) is 237 Å². The summed E-state index contributed by atoms with van der Waals surface area (Å²) in [4.78, 5) is 72.9. The van der Waals surface area contributed by atoms with Gasteiger partial charge in [-0.3, -0.25) is 37.3 Å². The molecule has 0 radical (unpaired) electrons. The highest BCUT2D eigenvalue weighted by Crippen LogP contribution is 2.45. The molecule has 0 saturated carbocycles. The zero-order valence-corrected chi connectivity index (χ0v) is 65.3. The number of unbranched alkanes of at least 4 members (excludes halogenated alkanes) is 22. The van der Waals surface area contributed by atoms with Gasteiger partial charge >= 0.3 is 39.5 Å². The van der Waals surface area contributed by atoms with Crippen LogP contribution in [0.2, 0.25) is 0 Å². The number of hydrogen-bond donors (Lipinski definition) is 3. The Bertz CT molecular complexity index is 2510. The van der Waals surface area contributed by atoms with E-state index in [0.717, 1.165) is 180 Å². The van der Waals surface area contributed by atoms with Crippen molar-refractivity contribution in [3.8, 4) is 0 Å². The third-order valence-corrected chi connectivity index (χ3v) is 17.7. The van der Waals surface area contributed by atoms with Crippen LogP contribution >= 0.6 is 15.6 Å². The standard InChI is InChI=1S/C83H138O17P2/c1-5-9-13-17-21-25-29-32-35-37-38-40-43-45-49-52-56-60-64-68-81(86)94-74-79(100-83(88)70-66-62-58-54-50-46-41-34-31-27-23-19-15-11-7-3)76-98-102(91,92)96-72-77(84)71-95-101(89,90)97-75-78(99-82(87)69-65-61-57-53-47-28-24-20-16-12-8-4)73-93-80(85)67-63-59-55-51-48-44-42-39-36-33-30-26-22-18-14-10-6-2/h9-10,13-14,20-27,32-36,38,40-41,45,49,56,60,77-79,84H,5-8,11-12,15-19,28-31,37,39,42-44,46-48,50-55,57-59,61-76H2,1-4H3,(H,89,90)(H,91,92)/b13-9-,14-10-,24-20-,25-21-,26-22-,27-23-,35-32-,36-33-,40-38-,41-34-,49-45-,60-56-. The van der Waals surface area contributed by atoms with Crippen molar-refractivity contribution in [3.05, 3.63) is 146 Å². The molecule has 0 aromatic carbocycles. The molecule has 0 fully saturated rings. The lowest BCUT2D eigenvalue weighted by Gasteiger charge is -2.21. The molecular formula is C83H138O17P2. The quantitative estimate of drug-likeness (QED) is 0.0169. The van der Waals surface area contributed by atoms with Crippen LogP contribution in [0.3, 0.4) is 0 Å². The van der Waals surface area contributed by atoms with Gasteiger partial charge in [0.1, 0.15) is 19.3 Å². The number of ether oxygens (including phenoxy) is 4. The molecule has 0 spiro atoms. The summed E-state index contributed by atoms with van der Waals surface area (Å²) in [7, 11) is -9.99. The fraction of sp³-hybridized carbons (Fsp3) is 0.663. The molecule has 5 unspecified atom stereocenters. The number of esters is 4. The first-order valence-corrected chi connectivity index (χ1v) is 42.1. The maximum atomic E-state index is 13.1. The van der Waals surface area contributed by atoms with Crippen LogP contribution in [0.5, 0.6) is 0 Å². The van der Waals surface area contributed by atoms with E-state index in [1.165, 1.54) is 32.1 Å². The van der Waals surface area contributed by atoms with Crippen LogP contribution in [0.15, 0.2) is 146 Å². The van der Waals surface area contributed by atoms with Gasteiger partial charge in [0.25, 0.3) is 0 Å². The van der Waals surface area contributed by atoms with Crippen LogP contribution in [0.4, 0.5) is 0 Å². The molecule has 17 nitrogen and oxygen atoms in total. The number of carbonyl (C=O) groups excluding carboxylic acids is 4. The molecule has 0 rings (SSSR count). The van der Waals surface area contributed by atoms with Crippen LogP contribution < -0.4 is 0 Å². The summed E-state index contributed by atoms with van der Waals surface area (Å²) in [5.74, 6) is -2.31. The Kier molecular flexibility index (Phi) is 70.5. The summed E-state index contributed by atoms with van der Waals surface area (Å²) in [6.45, 7) is 4.45. The van der Waals surface area contributed by atoms with E-state index in [1.807, 2.05) is 18.2 Å². The Morgan fingerprint density at radius 3 is 0.882 bits per heavy atom. The number of rotatable bonds is 72. The molecule has 5 atom stereocenters. The fourth-order valence-corrected chi connectivity index (χ4v) is 11.4. The average molecular weight is 1470 g/mol. The molecule has 0 aliphatic rings. The molecular weight excluding hydrogens is 1330 g/mol. The second-order valence-electron chi connectivity index (χ2n) is 25.5. The normalized spacial score (nSPS) is 14.7. The highest BCUT2D eigenvalue weighted by molar-refractivity contribution is 7.47. The Balaban J connectivity index is 5.41. The smallest absolute Gasteiger partial charge is 0.462 e. The van der Waals surface area contributed by atoms with Crippen LogP contribution in [0.1, 0.15) is 297 Å². The van der Waals surface area contributed by atoms with Gasteiger partial charge < -0.3 is 33.8 Å². The summed E-state index contributed by atoms with van der Waals surface area (Å²) < 4.78 is 68.4. The molecule has 582 valence electrons. The highest BCUT2D eigenvalue weighted by atomic mass is 31.2. The van der Waals surface area contributed by atoms with Gasteiger partial charge in [-0.05, 0) is 148 Å². The zero-order valence-electron chi connectivity index (χ0n) is 63.5.